The first kappa shape index (κ1) is 21.6. The Morgan fingerprint density at radius 2 is 1.86 bits per heavy atom. The van der Waals surface area contributed by atoms with Crippen molar-refractivity contribution in [2.24, 2.45) is 0 Å². The maximum Gasteiger partial charge on any atom is 0.323 e. The summed E-state index contributed by atoms with van der Waals surface area (Å²) in [5.74, 6) is 1.30. The largest absolute Gasteiger partial charge is 0.484 e. The van der Waals surface area contributed by atoms with Crippen LogP contribution in [0.3, 0.4) is 0 Å². The number of aryl methyl sites for hydroxylation is 2. The zero-order valence-corrected chi connectivity index (χ0v) is 18.5. The fraction of sp³-hybridized carbons (Fsp3) is 0.435. The number of para-hydroxylation sites is 1. The van der Waals surface area contributed by atoms with Crippen molar-refractivity contribution in [2.45, 2.75) is 59.1 Å². The molecule has 0 fully saturated rings. The molecule has 2 atom stereocenters. The van der Waals surface area contributed by atoms with Gasteiger partial charge in [-0.2, -0.15) is 0 Å². The van der Waals surface area contributed by atoms with Gasteiger partial charge in [0.1, 0.15) is 17.5 Å². The third-order valence-corrected chi connectivity index (χ3v) is 6.23. The van der Waals surface area contributed by atoms with Gasteiger partial charge in [0.2, 0.25) is 8.30 Å². The molecule has 0 bridgehead atoms. The molecule has 0 spiro atoms. The standard InChI is InChI=1S/C23H30NO4P/c1-16(2)27-23(25)18(4)24-29(28-20-10-6-5-7-11-20)15-26-21-13-17(3)22-12-8-9-19(22)14-21/h5-7,10-11,13-14,16,18,24H,8-9,12,15H2,1-4H3. The minimum Gasteiger partial charge on any atom is -0.484 e. The lowest BCUT2D eigenvalue weighted by Gasteiger charge is -2.23. The molecule has 5 nitrogen and oxygen atoms in total. The lowest BCUT2D eigenvalue weighted by molar-refractivity contribution is -0.148. The molecule has 1 N–H and O–H groups in total. The van der Waals surface area contributed by atoms with Gasteiger partial charge in [-0.3, -0.25) is 4.79 Å². The summed E-state index contributed by atoms with van der Waals surface area (Å²) in [5.41, 5.74) is 4.13. The predicted octanol–water partition coefficient (Wildman–Crippen LogP) is 5.14. The van der Waals surface area contributed by atoms with Gasteiger partial charge in [0.15, 0.2) is 6.35 Å². The van der Waals surface area contributed by atoms with Crippen molar-refractivity contribution in [1.82, 2.24) is 5.09 Å². The Kier molecular flexibility index (Phi) is 7.51. The second kappa shape index (κ2) is 10.1. The molecule has 1 aliphatic carbocycles. The van der Waals surface area contributed by atoms with Gasteiger partial charge in [0.05, 0.1) is 6.10 Å². The maximum atomic E-state index is 12.2. The second-order valence-electron chi connectivity index (χ2n) is 7.62. The number of esters is 1. The number of rotatable bonds is 9. The molecule has 1 aliphatic rings. The van der Waals surface area contributed by atoms with Gasteiger partial charge in [0.25, 0.3) is 0 Å². The van der Waals surface area contributed by atoms with Crippen molar-refractivity contribution in [1.29, 1.82) is 0 Å². The topological polar surface area (TPSA) is 56.8 Å². The van der Waals surface area contributed by atoms with E-state index in [1.54, 1.807) is 6.92 Å². The molecular formula is C23H30NO4P. The number of benzene rings is 2. The predicted molar refractivity (Wildman–Crippen MR) is 117 cm³/mol. The maximum absolute atomic E-state index is 12.2. The van der Waals surface area contributed by atoms with Gasteiger partial charge < -0.3 is 14.0 Å². The molecule has 2 unspecified atom stereocenters. The van der Waals surface area contributed by atoms with Crippen LogP contribution in [0.5, 0.6) is 11.5 Å². The molecule has 0 radical (unpaired) electrons. The van der Waals surface area contributed by atoms with E-state index in [0.29, 0.717) is 6.35 Å². The molecule has 3 rings (SSSR count). The molecule has 0 heterocycles. The first-order valence-corrected chi connectivity index (χ1v) is 11.6. The van der Waals surface area contributed by atoms with Crippen molar-refractivity contribution >= 4 is 14.3 Å². The number of carbonyl (C=O) groups excluding carboxylic acids is 1. The normalized spacial score (nSPS) is 14.9. The van der Waals surface area contributed by atoms with Gasteiger partial charge in [-0.15, -0.1) is 0 Å². The molecule has 0 saturated heterocycles. The summed E-state index contributed by atoms with van der Waals surface area (Å²) in [4.78, 5) is 12.2. The van der Waals surface area contributed by atoms with Crippen molar-refractivity contribution < 1.29 is 18.8 Å². The van der Waals surface area contributed by atoms with Crippen LogP contribution in [0.2, 0.25) is 0 Å². The van der Waals surface area contributed by atoms with E-state index in [1.807, 2.05) is 44.2 Å². The third-order valence-electron chi connectivity index (χ3n) is 4.76. The summed E-state index contributed by atoms with van der Waals surface area (Å²) >= 11 is 0. The van der Waals surface area contributed by atoms with Crippen molar-refractivity contribution in [3.8, 4) is 11.5 Å². The van der Waals surface area contributed by atoms with E-state index in [1.165, 1.54) is 23.1 Å². The van der Waals surface area contributed by atoms with Crippen molar-refractivity contribution in [2.75, 3.05) is 6.35 Å². The van der Waals surface area contributed by atoms with E-state index in [0.717, 1.165) is 24.3 Å². The molecular weight excluding hydrogens is 385 g/mol. The van der Waals surface area contributed by atoms with Crippen LogP contribution in [-0.4, -0.2) is 24.5 Å². The van der Waals surface area contributed by atoms with Crippen LogP contribution in [0.4, 0.5) is 0 Å². The highest BCUT2D eigenvalue weighted by atomic mass is 31.2. The minimum atomic E-state index is -1.25. The summed E-state index contributed by atoms with van der Waals surface area (Å²) in [6.07, 6.45) is 3.66. The molecule has 0 saturated carbocycles. The Bertz CT molecular complexity index is 825. The molecule has 0 amide bonds. The fourth-order valence-corrected chi connectivity index (χ4v) is 4.77. The highest BCUT2D eigenvalue weighted by molar-refractivity contribution is 7.50. The quantitative estimate of drug-likeness (QED) is 0.454. The molecule has 2 aromatic rings. The van der Waals surface area contributed by atoms with E-state index in [-0.39, 0.29) is 12.1 Å². The number of carbonyl (C=O) groups is 1. The molecule has 156 valence electrons. The number of ether oxygens (including phenoxy) is 2. The first-order valence-electron chi connectivity index (χ1n) is 10.1. The van der Waals surface area contributed by atoms with Crippen LogP contribution in [0.25, 0.3) is 0 Å². The zero-order valence-electron chi connectivity index (χ0n) is 17.6. The Labute approximate surface area is 174 Å². The molecule has 6 heteroatoms. The number of hydrogen-bond acceptors (Lipinski definition) is 5. The van der Waals surface area contributed by atoms with Gasteiger partial charge in [0, 0.05) is 0 Å². The summed E-state index contributed by atoms with van der Waals surface area (Å²) in [6.45, 7) is 7.61. The lowest BCUT2D eigenvalue weighted by atomic mass is 10.0. The van der Waals surface area contributed by atoms with Crippen LogP contribution in [0.1, 0.15) is 43.9 Å². The third kappa shape index (κ3) is 6.19. The van der Waals surface area contributed by atoms with Crippen molar-refractivity contribution in [3.63, 3.8) is 0 Å². The highest BCUT2D eigenvalue weighted by Gasteiger charge is 2.23. The zero-order chi connectivity index (χ0) is 20.8. The fourth-order valence-electron chi connectivity index (χ4n) is 3.41. The molecule has 0 aromatic heterocycles. The second-order valence-corrected chi connectivity index (χ2v) is 9.08. The van der Waals surface area contributed by atoms with Gasteiger partial charge >= 0.3 is 5.97 Å². The van der Waals surface area contributed by atoms with E-state index >= 15 is 0 Å². The van der Waals surface area contributed by atoms with E-state index in [4.69, 9.17) is 14.0 Å². The number of nitrogens with one attached hydrogen (secondary N) is 1. The highest BCUT2D eigenvalue weighted by Crippen LogP contribution is 2.36. The minimum absolute atomic E-state index is 0.154. The van der Waals surface area contributed by atoms with Crippen LogP contribution in [0, 0.1) is 6.92 Å². The van der Waals surface area contributed by atoms with E-state index < -0.39 is 14.3 Å². The monoisotopic (exact) mass is 415 g/mol. The Hall–Kier alpha value is -2.10. The average molecular weight is 415 g/mol. The SMILES string of the molecule is Cc1cc(OCP(NC(C)C(=O)OC(C)C)Oc2ccccc2)cc2c1CCC2. The van der Waals surface area contributed by atoms with E-state index in [2.05, 4.69) is 24.1 Å². The first-order chi connectivity index (χ1) is 13.9. The molecule has 2 aromatic carbocycles. The summed E-state index contributed by atoms with van der Waals surface area (Å²) in [5, 5.41) is 3.25. The Balaban J connectivity index is 1.67. The van der Waals surface area contributed by atoms with Gasteiger partial charge in [-0.25, -0.2) is 5.09 Å². The summed E-state index contributed by atoms with van der Waals surface area (Å²) < 4.78 is 17.5. The van der Waals surface area contributed by atoms with Crippen molar-refractivity contribution in [3.05, 3.63) is 59.2 Å². The lowest BCUT2D eigenvalue weighted by Crippen LogP contribution is -2.35. The Morgan fingerprint density at radius 1 is 1.10 bits per heavy atom. The smallest absolute Gasteiger partial charge is 0.323 e. The van der Waals surface area contributed by atoms with Gasteiger partial charge in [-0.1, -0.05) is 18.2 Å². The van der Waals surface area contributed by atoms with Crippen LogP contribution >= 0.6 is 8.30 Å². The van der Waals surface area contributed by atoms with Crippen LogP contribution in [0.15, 0.2) is 42.5 Å². The molecule has 29 heavy (non-hydrogen) atoms. The Morgan fingerprint density at radius 3 is 2.59 bits per heavy atom. The van der Waals surface area contributed by atoms with Crippen LogP contribution < -0.4 is 14.3 Å². The summed E-state index contributed by atoms with van der Waals surface area (Å²) in [7, 11) is -1.25. The summed E-state index contributed by atoms with van der Waals surface area (Å²) in [6, 6.07) is 13.3. The molecule has 0 aliphatic heterocycles. The number of fused-ring (bicyclic) bond motifs is 1. The number of hydrogen-bond donors (Lipinski definition) is 1. The van der Waals surface area contributed by atoms with Crippen LogP contribution in [-0.2, 0) is 22.4 Å². The van der Waals surface area contributed by atoms with Gasteiger partial charge in [-0.05, 0) is 87.9 Å². The average Bonchev–Trinajstić information content (AvgIpc) is 3.15. The van der Waals surface area contributed by atoms with E-state index in [9.17, 15) is 4.79 Å².